The van der Waals surface area contributed by atoms with E-state index in [9.17, 15) is 14.4 Å². The minimum absolute atomic E-state index is 0.0567. The third-order valence-corrected chi connectivity index (χ3v) is 6.93. The summed E-state index contributed by atoms with van der Waals surface area (Å²) < 4.78 is 5.62. The van der Waals surface area contributed by atoms with Crippen molar-refractivity contribution < 1.29 is 24.2 Å². The lowest BCUT2D eigenvalue weighted by molar-refractivity contribution is -0.137. The number of aliphatic carboxylic acids is 1. The van der Waals surface area contributed by atoms with E-state index in [1.807, 2.05) is 24.3 Å². The maximum absolute atomic E-state index is 13.2. The second kappa shape index (κ2) is 11.2. The van der Waals surface area contributed by atoms with E-state index in [1.165, 1.54) is 0 Å². The quantitative estimate of drug-likeness (QED) is 0.517. The Balaban J connectivity index is 1.37. The number of amides is 2. The molecule has 1 aliphatic heterocycles. The first-order valence-corrected chi connectivity index (χ1v) is 12.2. The van der Waals surface area contributed by atoms with Crippen LogP contribution < -0.4 is 5.32 Å². The number of ether oxygens (including phenoxy) is 1. The molecule has 1 fully saturated rings. The Morgan fingerprint density at radius 1 is 1.11 bits per heavy atom. The zero-order chi connectivity index (χ0) is 24.8. The first-order valence-electron chi connectivity index (χ1n) is 12.2. The molecule has 0 saturated carbocycles. The van der Waals surface area contributed by atoms with E-state index in [2.05, 4.69) is 36.2 Å². The maximum atomic E-state index is 13.2. The Bertz CT molecular complexity index is 1050. The number of carboxylic acid groups (broad SMARTS) is 1. The van der Waals surface area contributed by atoms with E-state index in [1.54, 1.807) is 11.0 Å². The minimum Gasteiger partial charge on any atom is -0.481 e. The molecule has 35 heavy (non-hydrogen) atoms. The molecule has 1 saturated heterocycles. The van der Waals surface area contributed by atoms with E-state index in [0.717, 1.165) is 35.1 Å². The van der Waals surface area contributed by atoms with Crippen molar-refractivity contribution >= 4 is 18.0 Å². The van der Waals surface area contributed by atoms with Gasteiger partial charge in [-0.3, -0.25) is 9.59 Å². The fourth-order valence-corrected chi connectivity index (χ4v) is 5.22. The van der Waals surface area contributed by atoms with Crippen molar-refractivity contribution in [2.24, 2.45) is 5.92 Å². The molecule has 1 aliphatic carbocycles. The highest BCUT2D eigenvalue weighted by molar-refractivity contribution is 5.86. The van der Waals surface area contributed by atoms with E-state index >= 15 is 0 Å². The lowest BCUT2D eigenvalue weighted by atomic mass is 9.93. The van der Waals surface area contributed by atoms with E-state index in [4.69, 9.17) is 9.84 Å². The Morgan fingerprint density at radius 3 is 2.40 bits per heavy atom. The Hall–Kier alpha value is -3.61. The maximum Gasteiger partial charge on any atom is 0.407 e. The van der Waals surface area contributed by atoms with Gasteiger partial charge < -0.3 is 20.1 Å². The van der Waals surface area contributed by atoms with Crippen molar-refractivity contribution in [1.29, 1.82) is 0 Å². The molecule has 0 bridgehead atoms. The van der Waals surface area contributed by atoms with Gasteiger partial charge in [0.1, 0.15) is 12.6 Å². The van der Waals surface area contributed by atoms with Gasteiger partial charge in [0.2, 0.25) is 5.91 Å². The minimum atomic E-state index is -0.824. The molecule has 184 valence electrons. The van der Waals surface area contributed by atoms with Crippen LogP contribution >= 0.6 is 0 Å². The average molecular weight is 477 g/mol. The number of alkyl carbamates (subject to hydrolysis) is 1. The number of nitrogens with zero attached hydrogens (tertiary/aromatic N) is 1. The van der Waals surface area contributed by atoms with Gasteiger partial charge >= 0.3 is 12.1 Å². The second-order valence-electron chi connectivity index (χ2n) is 9.27. The summed E-state index contributed by atoms with van der Waals surface area (Å²) in [6.45, 7) is 5.01. The number of benzene rings is 2. The number of nitrogens with one attached hydrogen (secondary N) is 1. The SMILES string of the molecule is C=CCC(NC(=O)OCC1c2ccccc2-c2ccccc21)C(=O)N1CCCC(CCC(=O)O)C1. The van der Waals surface area contributed by atoms with Crippen molar-refractivity contribution in [2.45, 2.75) is 44.1 Å². The number of carbonyl (C=O) groups is 3. The standard InChI is InChI=1S/C28H32N2O5/c1-2-8-25(27(33)30-16-7-9-19(17-30)14-15-26(31)32)29-28(34)35-18-24-22-12-5-3-10-20(22)21-11-4-6-13-23(21)24/h2-6,10-13,19,24-25H,1,7-9,14-18H2,(H,29,34)(H,31,32). The number of fused-ring (bicyclic) bond motifs is 3. The summed E-state index contributed by atoms with van der Waals surface area (Å²) in [6, 6.07) is 15.5. The first kappa shape index (κ1) is 24.5. The second-order valence-corrected chi connectivity index (χ2v) is 9.27. The summed E-state index contributed by atoms with van der Waals surface area (Å²) in [7, 11) is 0. The van der Waals surface area contributed by atoms with Gasteiger partial charge in [-0.2, -0.15) is 0 Å². The smallest absolute Gasteiger partial charge is 0.407 e. The molecule has 0 spiro atoms. The molecule has 7 nitrogen and oxygen atoms in total. The third-order valence-electron chi connectivity index (χ3n) is 6.93. The molecule has 2 N–H and O–H groups in total. The highest BCUT2D eigenvalue weighted by atomic mass is 16.5. The van der Waals surface area contributed by atoms with Crippen LogP contribution in [0.3, 0.4) is 0 Å². The summed E-state index contributed by atoms with van der Waals surface area (Å²) >= 11 is 0. The summed E-state index contributed by atoms with van der Waals surface area (Å²) in [5, 5.41) is 11.7. The molecule has 1 heterocycles. The van der Waals surface area contributed by atoms with Gasteiger partial charge in [-0.15, -0.1) is 6.58 Å². The largest absolute Gasteiger partial charge is 0.481 e. The fourth-order valence-electron chi connectivity index (χ4n) is 5.22. The van der Waals surface area contributed by atoms with Crippen molar-refractivity contribution in [3.05, 3.63) is 72.3 Å². The summed E-state index contributed by atoms with van der Waals surface area (Å²) in [5.41, 5.74) is 4.56. The van der Waals surface area contributed by atoms with Crippen LogP contribution in [0.15, 0.2) is 61.2 Å². The Morgan fingerprint density at radius 2 is 1.77 bits per heavy atom. The van der Waals surface area contributed by atoms with Crippen LogP contribution in [0, 0.1) is 5.92 Å². The van der Waals surface area contributed by atoms with Crippen LogP contribution in [0.2, 0.25) is 0 Å². The number of hydrogen-bond acceptors (Lipinski definition) is 4. The van der Waals surface area contributed by atoms with Crippen molar-refractivity contribution in [1.82, 2.24) is 10.2 Å². The molecule has 7 heteroatoms. The van der Waals surface area contributed by atoms with Crippen LogP contribution in [0.4, 0.5) is 4.79 Å². The molecule has 2 amide bonds. The monoisotopic (exact) mass is 476 g/mol. The average Bonchev–Trinajstić information content (AvgIpc) is 3.19. The fraction of sp³-hybridized carbons (Fsp3) is 0.393. The highest BCUT2D eigenvalue weighted by Crippen LogP contribution is 2.44. The van der Waals surface area contributed by atoms with Gasteiger partial charge in [-0.05, 0) is 53.9 Å². The predicted octanol–water partition coefficient (Wildman–Crippen LogP) is 4.57. The number of carbonyl (C=O) groups excluding carboxylic acids is 2. The van der Waals surface area contributed by atoms with Gasteiger partial charge in [-0.25, -0.2) is 4.79 Å². The molecule has 2 aromatic carbocycles. The first-order chi connectivity index (χ1) is 17.0. The molecule has 4 rings (SSSR count). The molecule has 2 aromatic rings. The lowest BCUT2D eigenvalue weighted by Gasteiger charge is -2.35. The van der Waals surface area contributed by atoms with E-state index in [0.29, 0.717) is 25.9 Å². The van der Waals surface area contributed by atoms with Crippen LogP contribution in [0.25, 0.3) is 11.1 Å². The number of hydrogen-bond donors (Lipinski definition) is 2. The number of likely N-dealkylation sites (tertiary alicyclic amines) is 1. The normalized spacial score (nSPS) is 17.7. The van der Waals surface area contributed by atoms with Crippen LogP contribution in [0.5, 0.6) is 0 Å². The summed E-state index contributed by atoms with van der Waals surface area (Å²) in [5.74, 6) is -0.908. The van der Waals surface area contributed by atoms with Crippen LogP contribution in [-0.4, -0.2) is 53.7 Å². The topological polar surface area (TPSA) is 95.9 Å². The van der Waals surface area contributed by atoms with Gasteiger partial charge in [0.15, 0.2) is 0 Å². The molecule has 2 unspecified atom stereocenters. The summed E-state index contributed by atoms with van der Waals surface area (Å²) in [6.07, 6.45) is 3.64. The van der Waals surface area contributed by atoms with Crippen molar-refractivity contribution in [3.63, 3.8) is 0 Å². The van der Waals surface area contributed by atoms with Crippen LogP contribution in [-0.2, 0) is 14.3 Å². The Labute approximate surface area is 205 Å². The van der Waals surface area contributed by atoms with E-state index < -0.39 is 18.1 Å². The lowest BCUT2D eigenvalue weighted by Crippen LogP contribution is -2.51. The molecule has 2 atom stereocenters. The molecule has 0 radical (unpaired) electrons. The summed E-state index contributed by atoms with van der Waals surface area (Å²) in [4.78, 5) is 38.6. The number of piperidine rings is 1. The van der Waals surface area contributed by atoms with Crippen molar-refractivity contribution in [2.75, 3.05) is 19.7 Å². The zero-order valence-electron chi connectivity index (χ0n) is 19.8. The van der Waals surface area contributed by atoms with Crippen molar-refractivity contribution in [3.8, 4) is 11.1 Å². The zero-order valence-corrected chi connectivity index (χ0v) is 19.8. The number of carboxylic acids is 1. The predicted molar refractivity (Wildman–Crippen MR) is 133 cm³/mol. The highest BCUT2D eigenvalue weighted by Gasteiger charge is 2.32. The third kappa shape index (κ3) is 5.73. The Kier molecular flexibility index (Phi) is 7.85. The molecule has 2 aliphatic rings. The molecular weight excluding hydrogens is 444 g/mol. The molecular formula is C28H32N2O5. The van der Waals surface area contributed by atoms with Gasteiger partial charge in [0.25, 0.3) is 0 Å². The van der Waals surface area contributed by atoms with E-state index in [-0.39, 0.29) is 30.8 Å². The van der Waals surface area contributed by atoms with Gasteiger partial charge in [0, 0.05) is 25.4 Å². The molecule has 0 aromatic heterocycles. The van der Waals surface area contributed by atoms with Gasteiger partial charge in [-0.1, -0.05) is 54.6 Å². The van der Waals surface area contributed by atoms with Gasteiger partial charge in [0.05, 0.1) is 0 Å². The van der Waals surface area contributed by atoms with Crippen LogP contribution in [0.1, 0.15) is 49.1 Å². The number of rotatable bonds is 9.